The first-order chi connectivity index (χ1) is 19.5. The van der Waals surface area contributed by atoms with Gasteiger partial charge in [-0.15, -0.1) is 0 Å². The van der Waals surface area contributed by atoms with E-state index >= 15 is 0 Å². The van der Waals surface area contributed by atoms with Crippen LogP contribution in [-0.2, 0) is 22.6 Å². The molecule has 41 heavy (non-hydrogen) atoms. The number of aromatic nitrogens is 2. The minimum absolute atomic E-state index is 0.00346. The van der Waals surface area contributed by atoms with E-state index in [4.69, 9.17) is 0 Å². The van der Waals surface area contributed by atoms with E-state index in [1.54, 1.807) is 29.3 Å². The fourth-order valence-corrected chi connectivity index (χ4v) is 5.83. The van der Waals surface area contributed by atoms with Crippen LogP contribution in [-0.4, -0.2) is 53.8 Å². The fraction of sp³-hybridized carbons (Fsp3) is 0.233. The van der Waals surface area contributed by atoms with Gasteiger partial charge in [-0.25, -0.2) is 18.4 Å². The maximum absolute atomic E-state index is 13.9. The van der Waals surface area contributed by atoms with Gasteiger partial charge < -0.3 is 5.32 Å². The van der Waals surface area contributed by atoms with Crippen molar-refractivity contribution in [1.82, 2.24) is 14.9 Å². The molecule has 1 saturated heterocycles. The molecule has 0 atom stereocenters. The van der Waals surface area contributed by atoms with Crippen molar-refractivity contribution >= 4 is 32.3 Å². The Labute approximate surface area is 235 Å². The van der Waals surface area contributed by atoms with Crippen LogP contribution in [0.3, 0.4) is 0 Å². The number of fused-ring (bicyclic) bond motifs is 1. The Hall–Kier alpha value is -4.27. The first kappa shape index (κ1) is 28.3. The van der Waals surface area contributed by atoms with Crippen LogP contribution in [0.2, 0.25) is 0 Å². The standard InChI is InChI=1S/C30H25F3N4O3S/c1-20-5-6-23(15-22(20)8-7-21-3-2-4-28-26(21)17-34-19-35-28)29(38)36-25-10-9-24(27(16-25)30(31,32)33)18-37-11-13-41(39,40)14-12-37/h2-6,9-10,15-17,19H,11-14,18H2,1H3,(H,36,38). The van der Waals surface area contributed by atoms with Crippen LogP contribution in [0.5, 0.6) is 0 Å². The van der Waals surface area contributed by atoms with Crippen molar-refractivity contribution in [3.05, 3.63) is 101 Å². The smallest absolute Gasteiger partial charge is 0.322 e. The Morgan fingerprint density at radius 3 is 2.54 bits per heavy atom. The molecule has 3 aromatic carbocycles. The Balaban J connectivity index is 1.36. The second kappa shape index (κ2) is 11.3. The lowest BCUT2D eigenvalue weighted by molar-refractivity contribution is -0.138. The number of nitrogens with one attached hydrogen (secondary N) is 1. The lowest BCUT2D eigenvalue weighted by atomic mass is 10.0. The highest BCUT2D eigenvalue weighted by Gasteiger charge is 2.34. The number of hydrogen-bond acceptors (Lipinski definition) is 6. The molecular weight excluding hydrogens is 553 g/mol. The first-order valence-electron chi connectivity index (χ1n) is 12.7. The van der Waals surface area contributed by atoms with E-state index in [9.17, 15) is 26.4 Å². The van der Waals surface area contributed by atoms with Crippen molar-refractivity contribution < 1.29 is 26.4 Å². The van der Waals surface area contributed by atoms with Crippen molar-refractivity contribution in [1.29, 1.82) is 0 Å². The summed E-state index contributed by atoms with van der Waals surface area (Å²) in [4.78, 5) is 23.0. The Kier molecular flexibility index (Phi) is 7.80. The Bertz CT molecular complexity index is 1790. The van der Waals surface area contributed by atoms with E-state index in [0.29, 0.717) is 5.56 Å². The topological polar surface area (TPSA) is 92.3 Å². The van der Waals surface area contributed by atoms with Crippen molar-refractivity contribution in [2.75, 3.05) is 29.9 Å². The maximum Gasteiger partial charge on any atom is 0.416 e. The molecule has 0 saturated carbocycles. The van der Waals surface area contributed by atoms with Gasteiger partial charge in [-0.1, -0.05) is 30.0 Å². The summed E-state index contributed by atoms with van der Waals surface area (Å²) in [6.07, 6.45) is -1.52. The molecule has 0 unspecified atom stereocenters. The van der Waals surface area contributed by atoms with Gasteiger partial charge in [-0.3, -0.25) is 9.69 Å². The molecule has 0 radical (unpaired) electrons. The Morgan fingerprint density at radius 1 is 1.02 bits per heavy atom. The second-order valence-electron chi connectivity index (χ2n) is 9.79. The van der Waals surface area contributed by atoms with Crippen molar-refractivity contribution in [3.63, 3.8) is 0 Å². The number of sulfone groups is 1. The molecule has 2 heterocycles. The number of nitrogens with zero attached hydrogens (tertiary/aromatic N) is 3. The van der Waals surface area contributed by atoms with Gasteiger partial charge in [0.15, 0.2) is 9.84 Å². The van der Waals surface area contributed by atoms with E-state index in [1.165, 1.54) is 18.5 Å². The number of amides is 1. The third-order valence-electron chi connectivity index (χ3n) is 6.89. The minimum Gasteiger partial charge on any atom is -0.322 e. The van der Waals surface area contributed by atoms with Crippen molar-refractivity contribution in [2.24, 2.45) is 0 Å². The first-order valence-corrected chi connectivity index (χ1v) is 14.6. The largest absolute Gasteiger partial charge is 0.416 e. The number of carbonyl (C=O) groups is 1. The van der Waals surface area contributed by atoms with Crippen LogP contribution in [0.15, 0.2) is 67.1 Å². The number of carbonyl (C=O) groups excluding carboxylic acids is 1. The molecule has 210 valence electrons. The molecule has 0 spiro atoms. The Morgan fingerprint density at radius 2 is 1.78 bits per heavy atom. The molecule has 1 N–H and O–H groups in total. The summed E-state index contributed by atoms with van der Waals surface area (Å²) >= 11 is 0. The molecule has 1 aromatic heterocycles. The van der Waals surface area contributed by atoms with Gasteiger partial charge in [-0.2, -0.15) is 13.2 Å². The lowest BCUT2D eigenvalue weighted by Gasteiger charge is -2.27. The number of hydrogen-bond donors (Lipinski definition) is 1. The summed E-state index contributed by atoms with van der Waals surface area (Å²) in [6.45, 7) is 2.15. The number of rotatable bonds is 4. The number of alkyl halides is 3. The predicted molar refractivity (Wildman–Crippen MR) is 150 cm³/mol. The summed E-state index contributed by atoms with van der Waals surface area (Å²) in [5, 5.41) is 3.36. The summed E-state index contributed by atoms with van der Waals surface area (Å²) in [5.41, 5.74) is 2.29. The molecule has 5 rings (SSSR count). The van der Waals surface area contributed by atoms with Crippen LogP contribution < -0.4 is 5.32 Å². The highest BCUT2D eigenvalue weighted by molar-refractivity contribution is 7.91. The molecule has 0 bridgehead atoms. The SMILES string of the molecule is Cc1ccc(C(=O)Nc2ccc(CN3CCS(=O)(=O)CC3)c(C(F)(F)F)c2)cc1C#Cc1cccc2ncncc12. The van der Waals surface area contributed by atoms with Gasteiger partial charge in [0, 0.05) is 53.6 Å². The van der Waals surface area contributed by atoms with Gasteiger partial charge >= 0.3 is 6.18 Å². The van der Waals surface area contributed by atoms with Crippen LogP contribution >= 0.6 is 0 Å². The summed E-state index contributed by atoms with van der Waals surface area (Å²) < 4.78 is 65.1. The monoisotopic (exact) mass is 578 g/mol. The lowest BCUT2D eigenvalue weighted by Crippen LogP contribution is -2.40. The highest BCUT2D eigenvalue weighted by Crippen LogP contribution is 2.35. The van der Waals surface area contributed by atoms with E-state index in [1.807, 2.05) is 25.1 Å². The van der Waals surface area contributed by atoms with Gasteiger partial charge in [-0.05, 0) is 54.4 Å². The van der Waals surface area contributed by atoms with Gasteiger partial charge in [0.1, 0.15) is 6.33 Å². The highest BCUT2D eigenvalue weighted by atomic mass is 32.2. The van der Waals surface area contributed by atoms with E-state index in [0.717, 1.165) is 28.1 Å². The molecule has 1 aliphatic rings. The number of aryl methyl sites for hydroxylation is 1. The van der Waals surface area contributed by atoms with Crippen LogP contribution in [0, 0.1) is 18.8 Å². The predicted octanol–water partition coefficient (Wildman–Crippen LogP) is 4.84. The molecule has 4 aromatic rings. The van der Waals surface area contributed by atoms with Gasteiger partial charge in [0.2, 0.25) is 0 Å². The average Bonchev–Trinajstić information content (AvgIpc) is 2.94. The molecule has 1 fully saturated rings. The number of anilines is 1. The maximum atomic E-state index is 13.9. The molecule has 0 aliphatic carbocycles. The van der Waals surface area contributed by atoms with Gasteiger partial charge in [0.05, 0.1) is 22.6 Å². The molecule has 7 nitrogen and oxygen atoms in total. The van der Waals surface area contributed by atoms with Crippen LogP contribution in [0.4, 0.5) is 18.9 Å². The van der Waals surface area contributed by atoms with Gasteiger partial charge in [0.25, 0.3) is 5.91 Å². The van der Waals surface area contributed by atoms with E-state index in [2.05, 4.69) is 27.1 Å². The molecule has 1 amide bonds. The zero-order valence-electron chi connectivity index (χ0n) is 22.0. The second-order valence-corrected chi connectivity index (χ2v) is 12.1. The molecule has 11 heteroatoms. The fourth-order valence-electron chi connectivity index (χ4n) is 4.55. The van der Waals surface area contributed by atoms with Crippen molar-refractivity contribution in [2.45, 2.75) is 19.6 Å². The van der Waals surface area contributed by atoms with Crippen molar-refractivity contribution in [3.8, 4) is 11.8 Å². The normalized spacial score (nSPS) is 15.2. The van der Waals surface area contributed by atoms with Crippen LogP contribution in [0.1, 0.15) is 38.2 Å². The van der Waals surface area contributed by atoms with E-state index in [-0.39, 0.29) is 48.0 Å². The summed E-state index contributed by atoms with van der Waals surface area (Å²) in [5.74, 6) is 5.45. The number of benzene rings is 3. The quantitative estimate of drug-likeness (QED) is 0.349. The number of halogens is 3. The zero-order chi connectivity index (χ0) is 29.2. The van der Waals surface area contributed by atoms with Crippen LogP contribution in [0.25, 0.3) is 10.9 Å². The third kappa shape index (κ3) is 6.73. The zero-order valence-corrected chi connectivity index (χ0v) is 22.8. The van der Waals surface area contributed by atoms with E-state index < -0.39 is 27.5 Å². The minimum atomic E-state index is -4.66. The third-order valence-corrected chi connectivity index (χ3v) is 8.50. The summed E-state index contributed by atoms with van der Waals surface area (Å²) in [6, 6.07) is 14.1. The summed E-state index contributed by atoms with van der Waals surface area (Å²) in [7, 11) is -3.15. The average molecular weight is 579 g/mol. The molecule has 1 aliphatic heterocycles. The molecular formula is C30H25F3N4O3S.